The first-order valence-corrected chi connectivity index (χ1v) is 8.69. The van der Waals surface area contributed by atoms with E-state index in [0.29, 0.717) is 18.5 Å². The van der Waals surface area contributed by atoms with Crippen LogP contribution in [0.25, 0.3) is 0 Å². The molecule has 0 saturated carbocycles. The lowest BCUT2D eigenvalue weighted by Gasteiger charge is -2.25. The third-order valence-electron chi connectivity index (χ3n) is 3.73. The van der Waals surface area contributed by atoms with Crippen LogP contribution in [0.5, 0.6) is 0 Å². The third kappa shape index (κ3) is 7.03. The molecule has 6 nitrogen and oxygen atoms in total. The summed E-state index contributed by atoms with van der Waals surface area (Å²) in [5.41, 5.74) is 0.976. The standard InChI is InChI=1S/C17H33N5O/c1-7-18-17(19-9-10-22(8-2)14(5)6)20-12-15-11-16(13(3)4)21-23-15/h11,13-14H,7-10,12H2,1-6H3,(H2,18,19,20). The summed E-state index contributed by atoms with van der Waals surface area (Å²) in [5.74, 6) is 1.98. The van der Waals surface area contributed by atoms with Crippen LogP contribution in [0.4, 0.5) is 0 Å². The average Bonchev–Trinajstić information content (AvgIpc) is 2.97. The predicted molar refractivity (Wildman–Crippen MR) is 95.8 cm³/mol. The maximum absolute atomic E-state index is 5.33. The maximum Gasteiger partial charge on any atom is 0.191 e. The molecule has 0 radical (unpaired) electrons. The van der Waals surface area contributed by atoms with Gasteiger partial charge in [-0.2, -0.15) is 0 Å². The van der Waals surface area contributed by atoms with E-state index < -0.39 is 0 Å². The lowest BCUT2D eigenvalue weighted by Crippen LogP contribution is -2.43. The van der Waals surface area contributed by atoms with Crippen molar-refractivity contribution in [3.63, 3.8) is 0 Å². The highest BCUT2D eigenvalue weighted by Gasteiger charge is 2.08. The first-order valence-electron chi connectivity index (χ1n) is 8.69. The largest absolute Gasteiger partial charge is 0.359 e. The molecular weight excluding hydrogens is 290 g/mol. The minimum Gasteiger partial charge on any atom is -0.359 e. The molecule has 1 heterocycles. The Morgan fingerprint density at radius 2 is 2.00 bits per heavy atom. The van der Waals surface area contributed by atoms with Crippen LogP contribution in [0.3, 0.4) is 0 Å². The van der Waals surface area contributed by atoms with Gasteiger partial charge in [0, 0.05) is 31.7 Å². The van der Waals surface area contributed by atoms with Crippen molar-refractivity contribution in [2.24, 2.45) is 4.99 Å². The number of nitrogens with zero attached hydrogens (tertiary/aromatic N) is 3. The van der Waals surface area contributed by atoms with Gasteiger partial charge in [0.2, 0.25) is 0 Å². The highest BCUT2D eigenvalue weighted by molar-refractivity contribution is 5.79. The van der Waals surface area contributed by atoms with Crippen molar-refractivity contribution in [1.82, 2.24) is 20.7 Å². The molecule has 0 fully saturated rings. The van der Waals surface area contributed by atoms with Gasteiger partial charge in [0.25, 0.3) is 0 Å². The first-order chi connectivity index (χ1) is 11.0. The van der Waals surface area contributed by atoms with Crippen LogP contribution in [0.1, 0.15) is 58.9 Å². The molecule has 0 spiro atoms. The van der Waals surface area contributed by atoms with E-state index in [0.717, 1.165) is 43.6 Å². The smallest absolute Gasteiger partial charge is 0.191 e. The molecule has 0 bridgehead atoms. The third-order valence-corrected chi connectivity index (χ3v) is 3.73. The Bertz CT molecular complexity index is 467. The molecule has 0 amide bonds. The Hall–Kier alpha value is -1.56. The normalized spacial score (nSPS) is 12.5. The first kappa shape index (κ1) is 19.5. The molecule has 0 unspecified atom stereocenters. The van der Waals surface area contributed by atoms with E-state index in [2.05, 4.69) is 67.2 Å². The number of hydrogen-bond donors (Lipinski definition) is 2. The summed E-state index contributed by atoms with van der Waals surface area (Å²) >= 11 is 0. The number of likely N-dealkylation sites (N-methyl/N-ethyl adjacent to an activating group) is 1. The molecule has 0 aliphatic carbocycles. The monoisotopic (exact) mass is 323 g/mol. The molecule has 0 aromatic carbocycles. The topological polar surface area (TPSA) is 65.7 Å². The Kier molecular flexibility index (Phi) is 8.69. The van der Waals surface area contributed by atoms with Crippen molar-refractivity contribution < 1.29 is 4.52 Å². The maximum atomic E-state index is 5.33. The van der Waals surface area contributed by atoms with Gasteiger partial charge in [0.1, 0.15) is 6.54 Å². The second-order valence-electron chi connectivity index (χ2n) is 6.22. The van der Waals surface area contributed by atoms with Gasteiger partial charge in [-0.15, -0.1) is 0 Å². The van der Waals surface area contributed by atoms with E-state index in [9.17, 15) is 0 Å². The van der Waals surface area contributed by atoms with Gasteiger partial charge < -0.3 is 15.2 Å². The molecule has 0 aliphatic heterocycles. The molecule has 1 rings (SSSR count). The fourth-order valence-corrected chi connectivity index (χ4v) is 2.27. The molecule has 132 valence electrons. The van der Waals surface area contributed by atoms with Crippen LogP contribution < -0.4 is 10.6 Å². The average molecular weight is 323 g/mol. The molecule has 23 heavy (non-hydrogen) atoms. The highest BCUT2D eigenvalue weighted by Crippen LogP contribution is 2.14. The minimum absolute atomic E-state index is 0.374. The quantitative estimate of drug-likeness (QED) is 0.540. The van der Waals surface area contributed by atoms with Gasteiger partial charge in [-0.1, -0.05) is 25.9 Å². The summed E-state index contributed by atoms with van der Waals surface area (Å²) in [4.78, 5) is 6.98. The molecule has 0 atom stereocenters. The fraction of sp³-hybridized carbons (Fsp3) is 0.765. The van der Waals surface area contributed by atoms with Crippen molar-refractivity contribution >= 4 is 5.96 Å². The number of nitrogens with one attached hydrogen (secondary N) is 2. The zero-order valence-corrected chi connectivity index (χ0v) is 15.5. The zero-order chi connectivity index (χ0) is 17.2. The number of aromatic nitrogens is 1. The Labute approximate surface area is 140 Å². The summed E-state index contributed by atoms with van der Waals surface area (Å²) in [7, 11) is 0. The Balaban J connectivity index is 2.52. The van der Waals surface area contributed by atoms with E-state index in [1.54, 1.807) is 0 Å². The second-order valence-corrected chi connectivity index (χ2v) is 6.22. The second kappa shape index (κ2) is 10.3. The van der Waals surface area contributed by atoms with Crippen molar-refractivity contribution in [3.05, 3.63) is 17.5 Å². The molecule has 2 N–H and O–H groups in total. The number of guanidine groups is 1. The molecule has 1 aromatic rings. The van der Waals surface area contributed by atoms with Gasteiger partial charge >= 0.3 is 0 Å². The lowest BCUT2D eigenvalue weighted by atomic mass is 10.1. The van der Waals surface area contributed by atoms with Crippen molar-refractivity contribution in [2.45, 2.75) is 60.0 Å². The number of hydrogen-bond acceptors (Lipinski definition) is 4. The van der Waals surface area contributed by atoms with Crippen molar-refractivity contribution in [2.75, 3.05) is 26.2 Å². The van der Waals surface area contributed by atoms with Gasteiger partial charge in [-0.3, -0.25) is 4.90 Å². The molecular formula is C17H33N5O. The Morgan fingerprint density at radius 3 is 2.52 bits per heavy atom. The number of aliphatic imine (C=N–C) groups is 1. The van der Waals surface area contributed by atoms with E-state index in [4.69, 9.17) is 4.52 Å². The molecule has 6 heteroatoms. The summed E-state index contributed by atoms with van der Waals surface area (Å²) in [6.45, 7) is 17.2. The van der Waals surface area contributed by atoms with Crippen LogP contribution in [-0.2, 0) is 6.54 Å². The molecule has 0 saturated heterocycles. The Morgan fingerprint density at radius 1 is 1.26 bits per heavy atom. The van der Waals surface area contributed by atoms with E-state index in [1.807, 2.05) is 6.07 Å². The van der Waals surface area contributed by atoms with Crippen LogP contribution in [0.2, 0.25) is 0 Å². The van der Waals surface area contributed by atoms with Gasteiger partial charge in [-0.05, 0) is 33.2 Å². The van der Waals surface area contributed by atoms with E-state index in [-0.39, 0.29) is 0 Å². The lowest BCUT2D eigenvalue weighted by molar-refractivity contribution is 0.237. The SMILES string of the molecule is CCNC(=NCc1cc(C(C)C)no1)NCCN(CC)C(C)C. The minimum atomic E-state index is 0.374. The van der Waals surface area contributed by atoms with Crippen LogP contribution in [0.15, 0.2) is 15.6 Å². The molecule has 0 aliphatic rings. The van der Waals surface area contributed by atoms with Crippen LogP contribution in [-0.4, -0.2) is 48.2 Å². The summed E-state index contributed by atoms with van der Waals surface area (Å²) in [6.07, 6.45) is 0. The van der Waals surface area contributed by atoms with Gasteiger partial charge in [0.05, 0.1) is 5.69 Å². The van der Waals surface area contributed by atoms with Gasteiger partial charge in [-0.25, -0.2) is 4.99 Å². The van der Waals surface area contributed by atoms with E-state index in [1.165, 1.54) is 0 Å². The summed E-state index contributed by atoms with van der Waals surface area (Å²) in [5, 5.41) is 10.7. The highest BCUT2D eigenvalue weighted by atomic mass is 16.5. The van der Waals surface area contributed by atoms with Gasteiger partial charge in [0.15, 0.2) is 11.7 Å². The fourth-order valence-electron chi connectivity index (χ4n) is 2.27. The van der Waals surface area contributed by atoms with E-state index >= 15 is 0 Å². The number of rotatable bonds is 9. The van der Waals surface area contributed by atoms with Crippen molar-refractivity contribution in [1.29, 1.82) is 0 Å². The van der Waals surface area contributed by atoms with Crippen LogP contribution >= 0.6 is 0 Å². The van der Waals surface area contributed by atoms with Crippen molar-refractivity contribution in [3.8, 4) is 0 Å². The summed E-state index contributed by atoms with van der Waals surface area (Å²) < 4.78 is 5.33. The predicted octanol–water partition coefficient (Wildman–Crippen LogP) is 2.58. The zero-order valence-electron chi connectivity index (χ0n) is 15.5. The molecule has 1 aromatic heterocycles. The summed E-state index contributed by atoms with van der Waals surface area (Å²) in [6, 6.07) is 2.54. The van der Waals surface area contributed by atoms with Crippen LogP contribution in [0, 0.1) is 0 Å².